The molecule has 0 unspecified atom stereocenters. The highest BCUT2D eigenvalue weighted by Crippen LogP contribution is 2.34. The molecular formula is C17H22N2O5S. The van der Waals surface area contributed by atoms with E-state index in [9.17, 15) is 19.7 Å². The number of rotatable bonds is 5. The first-order valence-electron chi connectivity index (χ1n) is 8.06. The van der Waals surface area contributed by atoms with Gasteiger partial charge in [-0.15, -0.1) is 11.8 Å². The second-order valence-corrected chi connectivity index (χ2v) is 7.23. The lowest BCUT2D eigenvalue weighted by atomic mass is 9.77. The molecule has 0 spiro atoms. The third kappa shape index (κ3) is 4.12. The SMILES string of the molecule is COC(=O)C1(NC(=O)c2cc(SC)ccc2[N+](=O)[O-])CCC(C)CC1. The number of carbonyl (C=O) groups is 2. The summed E-state index contributed by atoms with van der Waals surface area (Å²) in [5, 5.41) is 14.0. The van der Waals surface area contributed by atoms with Gasteiger partial charge in [0.2, 0.25) is 0 Å². The molecule has 1 aliphatic rings. The molecule has 8 heteroatoms. The first-order valence-corrected chi connectivity index (χ1v) is 9.29. The fourth-order valence-corrected chi connectivity index (χ4v) is 3.54. The summed E-state index contributed by atoms with van der Waals surface area (Å²) in [5.41, 5.74) is -1.44. The highest BCUT2D eigenvalue weighted by atomic mass is 32.2. The Morgan fingerprint density at radius 1 is 1.36 bits per heavy atom. The van der Waals surface area contributed by atoms with Crippen molar-refractivity contribution in [3.05, 3.63) is 33.9 Å². The van der Waals surface area contributed by atoms with Crippen molar-refractivity contribution in [1.29, 1.82) is 0 Å². The van der Waals surface area contributed by atoms with E-state index in [4.69, 9.17) is 4.74 Å². The Morgan fingerprint density at radius 3 is 2.52 bits per heavy atom. The maximum atomic E-state index is 12.8. The molecule has 1 aromatic rings. The zero-order valence-electron chi connectivity index (χ0n) is 14.5. The van der Waals surface area contributed by atoms with Crippen molar-refractivity contribution in [3.63, 3.8) is 0 Å². The third-order valence-electron chi connectivity index (χ3n) is 4.70. The van der Waals surface area contributed by atoms with E-state index in [0.717, 1.165) is 17.7 Å². The van der Waals surface area contributed by atoms with Crippen LogP contribution in [0.3, 0.4) is 0 Å². The molecule has 0 aliphatic heterocycles. The van der Waals surface area contributed by atoms with Gasteiger partial charge in [0.1, 0.15) is 11.1 Å². The van der Waals surface area contributed by atoms with E-state index in [0.29, 0.717) is 18.8 Å². The van der Waals surface area contributed by atoms with Crippen LogP contribution in [0, 0.1) is 16.0 Å². The fraction of sp³-hybridized carbons (Fsp3) is 0.529. The smallest absolute Gasteiger partial charge is 0.331 e. The molecule has 0 aromatic heterocycles. The summed E-state index contributed by atoms with van der Waals surface area (Å²) < 4.78 is 4.90. The Balaban J connectivity index is 2.36. The van der Waals surface area contributed by atoms with E-state index in [-0.39, 0.29) is 11.3 Å². The molecule has 1 fully saturated rings. The van der Waals surface area contributed by atoms with Crippen LogP contribution < -0.4 is 5.32 Å². The Kier molecular flexibility index (Phi) is 6.05. The normalized spacial score (nSPS) is 22.9. The summed E-state index contributed by atoms with van der Waals surface area (Å²) >= 11 is 1.38. The van der Waals surface area contributed by atoms with Crippen LogP contribution in [-0.2, 0) is 9.53 Å². The number of hydrogen-bond acceptors (Lipinski definition) is 6. The number of thioether (sulfide) groups is 1. The number of nitrogens with one attached hydrogen (secondary N) is 1. The quantitative estimate of drug-likeness (QED) is 0.372. The largest absolute Gasteiger partial charge is 0.467 e. The van der Waals surface area contributed by atoms with Gasteiger partial charge in [-0.25, -0.2) is 4.79 Å². The second kappa shape index (κ2) is 7.86. The maximum absolute atomic E-state index is 12.8. The van der Waals surface area contributed by atoms with E-state index in [1.807, 2.05) is 6.26 Å². The fourth-order valence-electron chi connectivity index (χ4n) is 3.10. The monoisotopic (exact) mass is 366 g/mol. The zero-order chi connectivity index (χ0) is 18.6. The topological polar surface area (TPSA) is 98.5 Å². The Morgan fingerprint density at radius 2 is 2.00 bits per heavy atom. The standard InChI is InChI=1S/C17H22N2O5S/c1-11-6-8-17(9-7-11,16(21)24-2)18-15(20)13-10-12(25-3)4-5-14(13)19(22)23/h4-5,10-11H,6-9H2,1-3H3,(H,18,20). The van der Waals surface area contributed by atoms with Gasteiger partial charge in [0.05, 0.1) is 12.0 Å². The Hall–Kier alpha value is -2.09. The minimum atomic E-state index is -1.12. The average molecular weight is 366 g/mol. The van der Waals surface area contributed by atoms with Crippen molar-refractivity contribution in [2.75, 3.05) is 13.4 Å². The highest BCUT2D eigenvalue weighted by molar-refractivity contribution is 7.98. The number of methoxy groups -OCH3 is 1. The molecule has 25 heavy (non-hydrogen) atoms. The first kappa shape index (κ1) is 19.2. The van der Waals surface area contributed by atoms with E-state index >= 15 is 0 Å². The number of nitro benzene ring substituents is 1. The molecule has 0 bridgehead atoms. The van der Waals surface area contributed by atoms with Crippen LogP contribution in [0.4, 0.5) is 5.69 Å². The van der Waals surface area contributed by atoms with E-state index in [1.54, 1.807) is 6.07 Å². The minimum absolute atomic E-state index is 0.0428. The van der Waals surface area contributed by atoms with Crippen LogP contribution in [0.5, 0.6) is 0 Å². The Bertz CT molecular complexity index is 684. The first-order chi connectivity index (χ1) is 11.8. The van der Waals surface area contributed by atoms with Crippen LogP contribution >= 0.6 is 11.8 Å². The van der Waals surface area contributed by atoms with Crippen LogP contribution in [0.1, 0.15) is 43.0 Å². The molecular weight excluding hydrogens is 344 g/mol. The number of nitrogens with zero attached hydrogens (tertiary/aromatic N) is 1. The van der Waals surface area contributed by atoms with Crippen molar-refractivity contribution >= 4 is 29.3 Å². The van der Waals surface area contributed by atoms with Crippen LogP contribution in [0.2, 0.25) is 0 Å². The average Bonchev–Trinajstić information content (AvgIpc) is 2.62. The van der Waals surface area contributed by atoms with E-state index < -0.39 is 22.3 Å². The van der Waals surface area contributed by atoms with E-state index in [2.05, 4.69) is 12.2 Å². The summed E-state index contributed by atoms with van der Waals surface area (Å²) in [4.78, 5) is 36.5. The summed E-state index contributed by atoms with van der Waals surface area (Å²) in [6.07, 6.45) is 4.30. The molecule has 0 saturated heterocycles. The molecule has 7 nitrogen and oxygen atoms in total. The number of ether oxygens (including phenoxy) is 1. The van der Waals surface area contributed by atoms with Crippen LogP contribution in [0.25, 0.3) is 0 Å². The van der Waals surface area contributed by atoms with Gasteiger partial charge in [-0.1, -0.05) is 6.92 Å². The highest BCUT2D eigenvalue weighted by Gasteiger charge is 2.44. The van der Waals surface area contributed by atoms with E-state index in [1.165, 1.54) is 31.0 Å². The summed E-state index contributed by atoms with van der Waals surface area (Å²) in [6.45, 7) is 2.09. The number of esters is 1. The molecule has 0 heterocycles. The summed E-state index contributed by atoms with van der Waals surface area (Å²) in [5.74, 6) is -0.664. The summed E-state index contributed by atoms with van der Waals surface area (Å²) in [7, 11) is 1.28. The lowest BCUT2D eigenvalue weighted by Crippen LogP contribution is -2.56. The number of carbonyl (C=O) groups excluding carboxylic acids is 2. The van der Waals surface area contributed by atoms with Crippen molar-refractivity contribution in [1.82, 2.24) is 5.32 Å². The minimum Gasteiger partial charge on any atom is -0.467 e. The van der Waals surface area contributed by atoms with Crippen molar-refractivity contribution in [2.24, 2.45) is 5.92 Å². The van der Waals surface area contributed by atoms with Gasteiger partial charge in [-0.2, -0.15) is 0 Å². The number of hydrogen-bond donors (Lipinski definition) is 1. The molecule has 1 N–H and O–H groups in total. The predicted molar refractivity (Wildman–Crippen MR) is 94.7 cm³/mol. The van der Waals surface area contributed by atoms with Gasteiger partial charge in [-0.05, 0) is 50.0 Å². The molecule has 136 valence electrons. The van der Waals surface area contributed by atoms with Gasteiger partial charge in [0.15, 0.2) is 0 Å². The number of benzene rings is 1. The maximum Gasteiger partial charge on any atom is 0.331 e. The van der Waals surface area contributed by atoms with Crippen molar-refractivity contribution < 1.29 is 19.2 Å². The molecule has 1 aliphatic carbocycles. The van der Waals surface area contributed by atoms with Crippen LogP contribution in [0.15, 0.2) is 23.1 Å². The molecule has 2 rings (SSSR count). The van der Waals surface area contributed by atoms with Crippen LogP contribution in [-0.4, -0.2) is 35.7 Å². The second-order valence-electron chi connectivity index (χ2n) is 6.35. The third-order valence-corrected chi connectivity index (χ3v) is 5.43. The van der Waals surface area contributed by atoms with Gasteiger partial charge in [0, 0.05) is 11.0 Å². The lowest BCUT2D eigenvalue weighted by Gasteiger charge is -2.37. The van der Waals surface area contributed by atoms with Crippen molar-refractivity contribution in [3.8, 4) is 0 Å². The number of amides is 1. The van der Waals surface area contributed by atoms with Gasteiger partial charge in [0.25, 0.3) is 11.6 Å². The molecule has 1 aromatic carbocycles. The molecule has 1 amide bonds. The van der Waals surface area contributed by atoms with Gasteiger partial charge >= 0.3 is 5.97 Å². The predicted octanol–water partition coefficient (Wildman–Crippen LogP) is 3.17. The molecule has 0 atom stereocenters. The molecule has 0 radical (unpaired) electrons. The van der Waals surface area contributed by atoms with Gasteiger partial charge in [-0.3, -0.25) is 14.9 Å². The number of nitro groups is 1. The van der Waals surface area contributed by atoms with Gasteiger partial charge < -0.3 is 10.1 Å². The lowest BCUT2D eigenvalue weighted by molar-refractivity contribution is -0.385. The Labute approximate surface area is 150 Å². The van der Waals surface area contributed by atoms with Crippen molar-refractivity contribution in [2.45, 2.75) is 43.0 Å². The zero-order valence-corrected chi connectivity index (χ0v) is 15.4. The molecule has 1 saturated carbocycles. The summed E-state index contributed by atoms with van der Waals surface area (Å²) in [6, 6.07) is 4.39.